The van der Waals surface area contributed by atoms with Gasteiger partial charge in [0, 0.05) is 31.6 Å². The number of amides is 1. The Kier molecular flexibility index (Phi) is 5.70. The third kappa shape index (κ3) is 4.27. The lowest BCUT2D eigenvalue weighted by molar-refractivity contribution is -0.137. The first kappa shape index (κ1) is 21.3. The van der Waals surface area contributed by atoms with Crippen molar-refractivity contribution in [1.29, 1.82) is 0 Å². The summed E-state index contributed by atoms with van der Waals surface area (Å²) in [5, 5.41) is 7.11. The minimum absolute atomic E-state index is 0.121. The van der Waals surface area contributed by atoms with Crippen LogP contribution in [0.4, 0.5) is 13.2 Å². The van der Waals surface area contributed by atoms with Crippen LogP contribution in [0.1, 0.15) is 40.5 Å². The number of H-pyrrole nitrogens is 1. The van der Waals surface area contributed by atoms with E-state index < -0.39 is 11.7 Å². The van der Waals surface area contributed by atoms with Gasteiger partial charge >= 0.3 is 6.18 Å². The number of rotatable bonds is 3. The molecule has 5 nitrogen and oxygen atoms in total. The number of benzene rings is 2. The van der Waals surface area contributed by atoms with E-state index >= 15 is 0 Å². The fourth-order valence-electron chi connectivity index (χ4n) is 4.00. The maximum Gasteiger partial charge on any atom is 0.416 e. The third-order valence-electron chi connectivity index (χ3n) is 5.74. The fraction of sp³-hybridized carbons (Fsp3) is 0.318. The van der Waals surface area contributed by atoms with Crippen LogP contribution in [0.25, 0.3) is 11.1 Å². The molecule has 3 aromatic rings. The Morgan fingerprint density at radius 1 is 1.10 bits per heavy atom. The first-order valence-electron chi connectivity index (χ1n) is 9.93. The Balaban J connectivity index is 1.53. The van der Waals surface area contributed by atoms with E-state index in [0.717, 1.165) is 30.8 Å². The van der Waals surface area contributed by atoms with Crippen molar-refractivity contribution in [3.05, 3.63) is 70.3 Å². The van der Waals surface area contributed by atoms with Crippen molar-refractivity contribution in [2.75, 3.05) is 13.1 Å². The Morgan fingerprint density at radius 2 is 1.74 bits per heavy atom. The number of hydrogen-bond acceptors (Lipinski definition) is 3. The highest BCUT2D eigenvalue weighted by molar-refractivity contribution is 7.71. The Morgan fingerprint density at radius 3 is 2.32 bits per heavy atom. The van der Waals surface area contributed by atoms with Gasteiger partial charge in [-0.1, -0.05) is 30.3 Å². The topological polar surface area (TPSA) is 53.9 Å². The second-order valence-corrected chi connectivity index (χ2v) is 8.02. The number of hydrogen-bond donors (Lipinski definition) is 1. The summed E-state index contributed by atoms with van der Waals surface area (Å²) in [5.74, 6) is 0.985. The SMILES string of the molecule is Cn1c(C2CCN(C(=O)c3ccccc3-c3ccc(C(F)(F)F)cc3)CC2)n[nH]c1=S. The van der Waals surface area contributed by atoms with E-state index in [4.69, 9.17) is 12.2 Å². The summed E-state index contributed by atoms with van der Waals surface area (Å²) in [7, 11) is 1.87. The van der Waals surface area contributed by atoms with Gasteiger partial charge < -0.3 is 9.47 Å². The molecule has 9 heteroatoms. The smallest absolute Gasteiger partial charge is 0.339 e. The molecule has 0 bridgehead atoms. The number of nitrogens with zero attached hydrogens (tertiary/aromatic N) is 3. The van der Waals surface area contributed by atoms with Crippen molar-refractivity contribution in [2.45, 2.75) is 24.9 Å². The van der Waals surface area contributed by atoms with Gasteiger partial charge in [-0.15, -0.1) is 0 Å². The van der Waals surface area contributed by atoms with Crippen molar-refractivity contribution in [2.24, 2.45) is 7.05 Å². The highest BCUT2D eigenvalue weighted by atomic mass is 32.1. The van der Waals surface area contributed by atoms with Crippen molar-refractivity contribution >= 4 is 18.1 Å². The highest BCUT2D eigenvalue weighted by Crippen LogP contribution is 2.33. The second-order valence-electron chi connectivity index (χ2n) is 7.63. The van der Waals surface area contributed by atoms with Gasteiger partial charge in [-0.25, -0.2) is 0 Å². The molecule has 1 N–H and O–H groups in total. The highest BCUT2D eigenvalue weighted by Gasteiger charge is 2.31. The predicted octanol–water partition coefficient (Wildman–Crippen LogP) is 5.18. The molecule has 0 radical (unpaired) electrons. The molecule has 1 fully saturated rings. The van der Waals surface area contributed by atoms with Gasteiger partial charge in [0.15, 0.2) is 4.77 Å². The van der Waals surface area contributed by atoms with Crippen LogP contribution in [0.15, 0.2) is 48.5 Å². The van der Waals surface area contributed by atoms with Crippen molar-refractivity contribution in [3.63, 3.8) is 0 Å². The summed E-state index contributed by atoms with van der Waals surface area (Å²) in [5.41, 5.74) is 0.973. The van der Waals surface area contributed by atoms with E-state index in [9.17, 15) is 18.0 Å². The number of piperidine rings is 1. The maximum atomic E-state index is 13.2. The molecule has 2 aromatic carbocycles. The molecule has 31 heavy (non-hydrogen) atoms. The number of carbonyl (C=O) groups is 1. The molecule has 0 spiro atoms. The zero-order valence-corrected chi connectivity index (χ0v) is 17.6. The Hall–Kier alpha value is -2.94. The van der Waals surface area contributed by atoms with Gasteiger partial charge in [-0.05, 0) is 54.4 Å². The molecule has 0 atom stereocenters. The lowest BCUT2D eigenvalue weighted by Gasteiger charge is -2.32. The van der Waals surface area contributed by atoms with E-state index in [1.165, 1.54) is 12.1 Å². The average Bonchev–Trinajstić information content (AvgIpc) is 3.11. The summed E-state index contributed by atoms with van der Waals surface area (Å²) >= 11 is 5.18. The largest absolute Gasteiger partial charge is 0.416 e. The van der Waals surface area contributed by atoms with Crippen LogP contribution < -0.4 is 0 Å². The number of aromatic nitrogens is 3. The predicted molar refractivity (Wildman–Crippen MR) is 113 cm³/mol. The van der Waals surface area contributed by atoms with Crippen LogP contribution in [0.3, 0.4) is 0 Å². The Labute approximate surface area is 182 Å². The van der Waals surface area contributed by atoms with Crippen LogP contribution in [0.2, 0.25) is 0 Å². The van der Waals surface area contributed by atoms with Gasteiger partial charge in [-0.3, -0.25) is 9.89 Å². The van der Waals surface area contributed by atoms with Gasteiger partial charge in [0.2, 0.25) is 0 Å². The number of halogens is 3. The zero-order chi connectivity index (χ0) is 22.2. The molecular formula is C22H21F3N4OS. The number of nitrogens with one attached hydrogen (secondary N) is 1. The van der Waals surface area contributed by atoms with E-state index in [1.807, 2.05) is 11.6 Å². The lowest BCUT2D eigenvalue weighted by atomic mass is 9.94. The van der Waals surface area contributed by atoms with Crippen LogP contribution in [0, 0.1) is 4.77 Å². The first-order valence-corrected chi connectivity index (χ1v) is 10.3. The monoisotopic (exact) mass is 446 g/mol. The summed E-state index contributed by atoms with van der Waals surface area (Å²) < 4.78 is 41.1. The number of aromatic amines is 1. The summed E-state index contributed by atoms with van der Waals surface area (Å²) in [4.78, 5) is 15.0. The molecule has 1 amide bonds. The maximum absolute atomic E-state index is 13.2. The van der Waals surface area contributed by atoms with Gasteiger partial charge in [0.1, 0.15) is 5.82 Å². The third-order valence-corrected chi connectivity index (χ3v) is 6.11. The quantitative estimate of drug-likeness (QED) is 0.564. The average molecular weight is 446 g/mol. The van der Waals surface area contributed by atoms with Crippen LogP contribution in [-0.2, 0) is 13.2 Å². The number of alkyl halides is 3. The summed E-state index contributed by atoms with van der Waals surface area (Å²) in [6.07, 6.45) is -2.86. The van der Waals surface area contributed by atoms with E-state index in [1.54, 1.807) is 29.2 Å². The molecular weight excluding hydrogens is 425 g/mol. The molecule has 2 heterocycles. The molecule has 0 aliphatic carbocycles. The van der Waals surface area contributed by atoms with Crippen molar-refractivity contribution < 1.29 is 18.0 Å². The van der Waals surface area contributed by atoms with Gasteiger partial charge in [0.05, 0.1) is 5.56 Å². The Bertz CT molecular complexity index is 1140. The first-order chi connectivity index (χ1) is 14.8. The van der Waals surface area contributed by atoms with Crippen molar-refractivity contribution in [3.8, 4) is 11.1 Å². The molecule has 1 saturated heterocycles. The van der Waals surface area contributed by atoms with Crippen LogP contribution in [-0.4, -0.2) is 38.7 Å². The van der Waals surface area contributed by atoms with Gasteiger partial charge in [0.25, 0.3) is 5.91 Å². The minimum Gasteiger partial charge on any atom is -0.339 e. The summed E-state index contributed by atoms with van der Waals surface area (Å²) in [6.45, 7) is 1.15. The van der Waals surface area contributed by atoms with E-state index in [0.29, 0.717) is 34.6 Å². The van der Waals surface area contributed by atoms with E-state index in [-0.39, 0.29) is 11.8 Å². The summed E-state index contributed by atoms with van der Waals surface area (Å²) in [6, 6.07) is 11.9. The molecule has 1 aliphatic heterocycles. The van der Waals surface area contributed by atoms with E-state index in [2.05, 4.69) is 10.2 Å². The molecule has 1 aliphatic rings. The standard InChI is InChI=1S/C22H21F3N4OS/c1-28-19(26-27-21(28)31)15-10-12-29(13-11-15)20(30)18-5-3-2-4-17(18)14-6-8-16(9-7-14)22(23,24)25/h2-9,15H,10-13H2,1H3,(H,27,31). The normalized spacial score (nSPS) is 15.3. The number of likely N-dealkylation sites (tertiary alicyclic amines) is 1. The molecule has 1 aromatic heterocycles. The minimum atomic E-state index is -4.39. The molecule has 0 saturated carbocycles. The molecule has 162 valence electrons. The van der Waals surface area contributed by atoms with Crippen LogP contribution in [0.5, 0.6) is 0 Å². The number of carbonyl (C=O) groups excluding carboxylic acids is 1. The lowest BCUT2D eigenvalue weighted by Crippen LogP contribution is -2.38. The van der Waals surface area contributed by atoms with Crippen LogP contribution >= 0.6 is 12.2 Å². The van der Waals surface area contributed by atoms with Crippen molar-refractivity contribution in [1.82, 2.24) is 19.7 Å². The van der Waals surface area contributed by atoms with Gasteiger partial charge in [-0.2, -0.15) is 18.3 Å². The fourth-order valence-corrected chi connectivity index (χ4v) is 4.13. The molecule has 0 unspecified atom stereocenters. The zero-order valence-electron chi connectivity index (χ0n) is 16.8. The second kappa shape index (κ2) is 8.30. The molecule has 4 rings (SSSR count).